The number of carbonyl (C=O) groups is 2. The van der Waals surface area contributed by atoms with Crippen LogP contribution in [0.1, 0.15) is 27.2 Å². The van der Waals surface area contributed by atoms with Gasteiger partial charge in [0.1, 0.15) is 16.8 Å². The number of amides is 3. The van der Waals surface area contributed by atoms with Crippen molar-refractivity contribution in [3.63, 3.8) is 0 Å². The van der Waals surface area contributed by atoms with E-state index in [0.717, 1.165) is 11.3 Å². The largest absolute Gasteiger partial charge is 0.494 e. The summed E-state index contributed by atoms with van der Waals surface area (Å²) >= 11 is 1.28. The monoisotopic (exact) mass is 453 g/mol. The van der Waals surface area contributed by atoms with Gasteiger partial charge in [-0.1, -0.05) is 61.9 Å². The Morgan fingerprint density at radius 3 is 2.38 bits per heavy atom. The minimum atomic E-state index is -0.730. The quantitative estimate of drug-likeness (QED) is 0.432. The number of ether oxygens (including phenoxy) is 1. The van der Waals surface area contributed by atoms with E-state index in [0.29, 0.717) is 28.9 Å². The zero-order valence-corrected chi connectivity index (χ0v) is 19.1. The average Bonchev–Trinajstić information content (AvgIpc) is 3.27. The van der Waals surface area contributed by atoms with Gasteiger partial charge in [0.05, 0.1) is 6.61 Å². The summed E-state index contributed by atoms with van der Waals surface area (Å²) in [7, 11) is 0. The van der Waals surface area contributed by atoms with Crippen LogP contribution in [-0.2, 0) is 4.79 Å². The molecule has 0 aliphatic rings. The number of carbonyl (C=O) groups excluding carboxylic acids is 2. The molecule has 0 spiro atoms. The number of nitrogens with one attached hydrogen (secondary N) is 3. The standard InChI is InChI=1S/C23H27N5O3S/c1-4-15(3)19(25-22(30)24-17-11-13-18(14-12-17)31-5-2)20(29)26-23-28-27-21(32-23)16-9-7-6-8-10-16/h6-15,19H,4-5H2,1-3H3,(H2,24,25,30)(H,26,28,29). The van der Waals surface area contributed by atoms with Crippen molar-refractivity contribution in [2.24, 2.45) is 5.92 Å². The smallest absolute Gasteiger partial charge is 0.319 e. The van der Waals surface area contributed by atoms with Crippen LogP contribution in [0.25, 0.3) is 10.6 Å². The van der Waals surface area contributed by atoms with Crippen LogP contribution in [0.2, 0.25) is 0 Å². The van der Waals surface area contributed by atoms with Crippen molar-refractivity contribution < 1.29 is 14.3 Å². The van der Waals surface area contributed by atoms with Gasteiger partial charge in [0.25, 0.3) is 0 Å². The molecule has 3 amide bonds. The molecule has 0 radical (unpaired) electrons. The van der Waals surface area contributed by atoms with E-state index in [4.69, 9.17) is 4.74 Å². The number of aromatic nitrogens is 2. The Kier molecular flexibility index (Phi) is 8.15. The van der Waals surface area contributed by atoms with Crippen molar-refractivity contribution in [2.75, 3.05) is 17.2 Å². The van der Waals surface area contributed by atoms with Crippen LogP contribution >= 0.6 is 11.3 Å². The van der Waals surface area contributed by atoms with E-state index < -0.39 is 12.1 Å². The van der Waals surface area contributed by atoms with Crippen LogP contribution in [-0.4, -0.2) is 34.8 Å². The third kappa shape index (κ3) is 6.27. The topological polar surface area (TPSA) is 105 Å². The van der Waals surface area contributed by atoms with E-state index in [9.17, 15) is 9.59 Å². The van der Waals surface area contributed by atoms with Crippen LogP contribution < -0.4 is 20.7 Å². The number of anilines is 2. The summed E-state index contributed by atoms with van der Waals surface area (Å²) in [5.74, 6) is 0.307. The molecule has 0 bridgehead atoms. The Morgan fingerprint density at radius 2 is 1.72 bits per heavy atom. The molecule has 3 rings (SSSR count). The number of nitrogens with zero attached hydrogens (tertiary/aromatic N) is 2. The van der Waals surface area contributed by atoms with Crippen LogP contribution in [0.15, 0.2) is 54.6 Å². The number of urea groups is 1. The number of hydrogen-bond acceptors (Lipinski definition) is 6. The lowest BCUT2D eigenvalue weighted by atomic mass is 9.98. The van der Waals surface area contributed by atoms with Gasteiger partial charge in [-0.3, -0.25) is 10.1 Å². The Labute approximate surface area is 191 Å². The van der Waals surface area contributed by atoms with Crippen molar-refractivity contribution in [3.05, 3.63) is 54.6 Å². The Bertz CT molecular complexity index is 1020. The molecule has 0 saturated heterocycles. The van der Waals surface area contributed by atoms with E-state index in [1.807, 2.05) is 51.1 Å². The number of hydrogen-bond donors (Lipinski definition) is 3. The minimum Gasteiger partial charge on any atom is -0.494 e. The highest BCUT2D eigenvalue weighted by Gasteiger charge is 2.27. The third-order valence-corrected chi connectivity index (χ3v) is 5.77. The first-order valence-corrected chi connectivity index (χ1v) is 11.3. The molecular weight excluding hydrogens is 426 g/mol. The molecule has 3 aromatic rings. The molecule has 1 heterocycles. The Hall–Kier alpha value is -3.46. The lowest BCUT2D eigenvalue weighted by Crippen LogP contribution is -2.49. The molecule has 9 heteroatoms. The first-order valence-electron chi connectivity index (χ1n) is 10.5. The van der Waals surface area contributed by atoms with Gasteiger partial charge in [-0.25, -0.2) is 4.79 Å². The van der Waals surface area contributed by atoms with Gasteiger partial charge < -0.3 is 15.4 Å². The predicted molar refractivity (Wildman–Crippen MR) is 127 cm³/mol. The fraction of sp³-hybridized carbons (Fsp3) is 0.304. The van der Waals surface area contributed by atoms with Crippen molar-refractivity contribution in [1.29, 1.82) is 0 Å². The van der Waals surface area contributed by atoms with Crippen LogP contribution in [0, 0.1) is 5.92 Å². The van der Waals surface area contributed by atoms with E-state index in [1.54, 1.807) is 24.3 Å². The molecule has 8 nitrogen and oxygen atoms in total. The molecule has 0 fully saturated rings. The SMILES string of the molecule is CCOc1ccc(NC(=O)NC(C(=O)Nc2nnc(-c3ccccc3)s2)C(C)CC)cc1. The molecule has 0 saturated carbocycles. The van der Waals surface area contributed by atoms with Crippen LogP contribution in [0.3, 0.4) is 0 Å². The molecule has 168 valence electrons. The summed E-state index contributed by atoms with van der Waals surface area (Å²) in [5.41, 5.74) is 1.53. The summed E-state index contributed by atoms with van der Waals surface area (Å²) in [6, 6.07) is 15.5. The lowest BCUT2D eigenvalue weighted by molar-refractivity contribution is -0.119. The third-order valence-electron chi connectivity index (χ3n) is 4.88. The van der Waals surface area contributed by atoms with Crippen molar-refractivity contribution in [2.45, 2.75) is 33.2 Å². The highest BCUT2D eigenvalue weighted by atomic mass is 32.1. The Morgan fingerprint density at radius 1 is 1.00 bits per heavy atom. The van der Waals surface area contributed by atoms with E-state index in [1.165, 1.54) is 11.3 Å². The first-order chi connectivity index (χ1) is 15.5. The molecule has 2 aromatic carbocycles. The van der Waals surface area contributed by atoms with E-state index >= 15 is 0 Å². The molecule has 2 atom stereocenters. The molecule has 3 N–H and O–H groups in total. The van der Waals surface area contributed by atoms with Gasteiger partial charge in [-0.15, -0.1) is 10.2 Å². The first kappa shape index (κ1) is 23.2. The summed E-state index contributed by atoms with van der Waals surface area (Å²) < 4.78 is 5.40. The maximum atomic E-state index is 12.9. The van der Waals surface area contributed by atoms with Crippen molar-refractivity contribution >= 4 is 34.1 Å². The summed E-state index contributed by atoms with van der Waals surface area (Å²) in [6.07, 6.45) is 0.715. The fourth-order valence-electron chi connectivity index (χ4n) is 2.97. The lowest BCUT2D eigenvalue weighted by Gasteiger charge is -2.23. The van der Waals surface area contributed by atoms with Gasteiger partial charge in [0, 0.05) is 11.3 Å². The second-order valence-corrected chi connectivity index (χ2v) is 8.16. The summed E-state index contributed by atoms with van der Waals surface area (Å²) in [6.45, 7) is 6.36. The molecule has 2 unspecified atom stereocenters. The van der Waals surface area contributed by atoms with Crippen molar-refractivity contribution in [3.8, 4) is 16.3 Å². The maximum Gasteiger partial charge on any atom is 0.319 e. The Balaban J connectivity index is 1.63. The van der Waals surface area contributed by atoms with Crippen LogP contribution in [0.5, 0.6) is 5.75 Å². The molecule has 0 aliphatic heterocycles. The highest BCUT2D eigenvalue weighted by molar-refractivity contribution is 7.18. The zero-order valence-electron chi connectivity index (χ0n) is 18.3. The predicted octanol–water partition coefficient (Wildman–Crippen LogP) is 4.78. The van der Waals surface area contributed by atoms with E-state index in [-0.39, 0.29) is 11.8 Å². The van der Waals surface area contributed by atoms with Gasteiger partial charge in [0.2, 0.25) is 11.0 Å². The highest BCUT2D eigenvalue weighted by Crippen LogP contribution is 2.26. The molecule has 0 aliphatic carbocycles. The number of benzene rings is 2. The number of rotatable bonds is 9. The summed E-state index contributed by atoms with van der Waals surface area (Å²) in [5, 5.41) is 17.6. The van der Waals surface area contributed by atoms with E-state index in [2.05, 4.69) is 26.1 Å². The van der Waals surface area contributed by atoms with Gasteiger partial charge >= 0.3 is 6.03 Å². The zero-order chi connectivity index (χ0) is 22.9. The van der Waals surface area contributed by atoms with Gasteiger partial charge in [-0.2, -0.15) is 0 Å². The average molecular weight is 454 g/mol. The van der Waals surface area contributed by atoms with Crippen LogP contribution in [0.4, 0.5) is 15.6 Å². The summed E-state index contributed by atoms with van der Waals surface area (Å²) in [4.78, 5) is 25.5. The second-order valence-electron chi connectivity index (χ2n) is 7.19. The second kappa shape index (κ2) is 11.2. The van der Waals surface area contributed by atoms with Gasteiger partial charge in [-0.05, 0) is 37.1 Å². The molecule has 1 aromatic heterocycles. The normalized spacial score (nSPS) is 12.5. The minimum absolute atomic E-state index is 0.0809. The maximum absolute atomic E-state index is 12.9. The van der Waals surface area contributed by atoms with Gasteiger partial charge in [0.15, 0.2) is 0 Å². The molecular formula is C23H27N5O3S. The fourth-order valence-corrected chi connectivity index (χ4v) is 3.72. The molecule has 32 heavy (non-hydrogen) atoms. The van der Waals surface area contributed by atoms with Crippen molar-refractivity contribution in [1.82, 2.24) is 15.5 Å².